The number of benzene rings is 3. The fourth-order valence-corrected chi connectivity index (χ4v) is 7.80. The van der Waals surface area contributed by atoms with Crippen LogP contribution in [0.3, 0.4) is 0 Å². The lowest BCUT2D eigenvalue weighted by atomic mass is 10.0. The number of ketones is 2. The van der Waals surface area contributed by atoms with Crippen LogP contribution in [-0.4, -0.2) is 55.4 Å². The number of hydrogen-bond donors (Lipinski definition) is 0. The molecule has 380 valence electrons. The molecule has 0 radical (unpaired) electrons. The van der Waals surface area contributed by atoms with Gasteiger partial charge < -0.3 is 23.9 Å². The number of carbonyl (C=O) groups excluding carboxylic acids is 3. The SMILES string of the molecule is CCCCCCCCCCCCCCCCCCC(=O)OCCN(CC)c1ccc(N=Nc2cc(OCCCC(C)=O)c(N=Nc3ccc([N+](=O)[O-])cc3)cc2OCCCC(=O)CCCCC)cc1. The van der Waals surface area contributed by atoms with Gasteiger partial charge in [0.2, 0.25) is 0 Å². The summed E-state index contributed by atoms with van der Waals surface area (Å²) in [7, 11) is 0. The molecule has 3 rings (SSSR count). The number of carbonyl (C=O) groups is 3. The maximum absolute atomic E-state index is 12.5. The second-order valence-electron chi connectivity index (χ2n) is 17.9. The van der Waals surface area contributed by atoms with E-state index in [9.17, 15) is 24.5 Å². The molecule has 0 aliphatic heterocycles. The summed E-state index contributed by atoms with van der Waals surface area (Å²) < 4.78 is 17.9. The Morgan fingerprint density at radius 2 is 0.971 bits per heavy atom. The van der Waals surface area contributed by atoms with Crippen molar-refractivity contribution in [1.82, 2.24) is 0 Å². The van der Waals surface area contributed by atoms with Crippen LogP contribution < -0.4 is 14.4 Å². The van der Waals surface area contributed by atoms with Crippen molar-refractivity contribution in [1.29, 1.82) is 0 Å². The Balaban J connectivity index is 1.57. The number of ether oxygens (including phenoxy) is 3. The highest BCUT2D eigenvalue weighted by molar-refractivity contribution is 5.78. The van der Waals surface area contributed by atoms with Gasteiger partial charge in [-0.25, -0.2) is 0 Å². The van der Waals surface area contributed by atoms with E-state index in [-0.39, 0.29) is 36.4 Å². The lowest BCUT2D eigenvalue weighted by Gasteiger charge is -2.23. The summed E-state index contributed by atoms with van der Waals surface area (Å²) in [6, 6.07) is 16.6. The summed E-state index contributed by atoms with van der Waals surface area (Å²) in [4.78, 5) is 49.5. The molecule has 0 bridgehead atoms. The van der Waals surface area contributed by atoms with E-state index in [1.165, 1.54) is 121 Å². The van der Waals surface area contributed by atoms with Crippen LogP contribution in [0.1, 0.15) is 188 Å². The van der Waals surface area contributed by atoms with Crippen LogP contribution in [0.2, 0.25) is 0 Å². The summed E-state index contributed by atoms with van der Waals surface area (Å²) in [5.74, 6) is 0.786. The largest absolute Gasteiger partial charge is 0.491 e. The molecule has 0 unspecified atom stereocenters. The number of azo groups is 2. The minimum Gasteiger partial charge on any atom is -0.491 e. The van der Waals surface area contributed by atoms with Crippen molar-refractivity contribution in [3.05, 3.63) is 70.8 Å². The number of anilines is 1. The van der Waals surface area contributed by atoms with E-state index in [4.69, 9.17) is 14.2 Å². The number of rotatable bonds is 41. The first kappa shape index (κ1) is 57.8. The van der Waals surface area contributed by atoms with Gasteiger partial charge in [0.1, 0.15) is 41.0 Å². The van der Waals surface area contributed by atoms with Crippen molar-refractivity contribution < 1.29 is 33.5 Å². The Kier molecular flexibility index (Phi) is 30.5. The molecule has 14 heteroatoms. The van der Waals surface area contributed by atoms with Gasteiger partial charge in [-0.3, -0.25) is 19.7 Å². The molecule has 0 aliphatic rings. The standard InChI is InChI=1S/C55H82N6O8/c1-5-8-10-11-12-13-14-15-16-17-18-19-20-21-22-24-30-55(64)69-42-39-60(7-3)48-35-31-46(32-36-48)56-58-52-43-53(67-40-25-27-45(4)62)51(59-57-47-33-37-49(38-34-47)61(65)66)44-54(52)68-41-26-29-50(63)28-23-9-6-2/h31-38,43-44H,5-30,39-42H2,1-4H3. The third-order valence-electron chi connectivity index (χ3n) is 12.0. The zero-order valence-corrected chi connectivity index (χ0v) is 42.4. The molecule has 0 saturated heterocycles. The predicted molar refractivity (Wildman–Crippen MR) is 277 cm³/mol. The quantitative estimate of drug-likeness (QED) is 0.0176. The van der Waals surface area contributed by atoms with Gasteiger partial charge in [0.15, 0.2) is 0 Å². The monoisotopic (exact) mass is 955 g/mol. The molecule has 69 heavy (non-hydrogen) atoms. The van der Waals surface area contributed by atoms with Gasteiger partial charge in [0, 0.05) is 62.2 Å². The highest BCUT2D eigenvalue weighted by atomic mass is 16.6. The Labute approximate surface area is 412 Å². The lowest BCUT2D eigenvalue weighted by molar-refractivity contribution is -0.384. The molecule has 3 aromatic carbocycles. The second-order valence-corrected chi connectivity index (χ2v) is 17.9. The molecule has 0 atom stereocenters. The van der Waals surface area contributed by atoms with E-state index in [2.05, 4.69) is 46.1 Å². The van der Waals surface area contributed by atoms with E-state index in [1.54, 1.807) is 12.1 Å². The molecule has 0 amide bonds. The normalized spacial score (nSPS) is 11.4. The van der Waals surface area contributed by atoms with Crippen molar-refractivity contribution in [2.75, 3.05) is 37.8 Å². The van der Waals surface area contributed by atoms with Crippen LogP contribution in [0.5, 0.6) is 11.5 Å². The third-order valence-corrected chi connectivity index (χ3v) is 12.0. The summed E-state index contributed by atoms with van der Waals surface area (Å²) in [5.41, 5.74) is 2.56. The van der Waals surface area contributed by atoms with E-state index in [0.29, 0.717) is 85.9 Å². The maximum atomic E-state index is 12.5. The predicted octanol–water partition coefficient (Wildman–Crippen LogP) is 16.5. The Morgan fingerprint density at radius 3 is 1.45 bits per heavy atom. The van der Waals surface area contributed by atoms with Crippen LogP contribution in [-0.2, 0) is 19.1 Å². The highest BCUT2D eigenvalue weighted by Gasteiger charge is 2.15. The van der Waals surface area contributed by atoms with Crippen LogP contribution >= 0.6 is 0 Å². The second kappa shape index (κ2) is 36.5. The summed E-state index contributed by atoms with van der Waals surface area (Å²) in [6.45, 7) is 10.0. The summed E-state index contributed by atoms with van der Waals surface area (Å²) in [5, 5.41) is 29.0. The Bertz CT molecular complexity index is 1970. The van der Waals surface area contributed by atoms with Crippen molar-refractivity contribution in [2.45, 2.75) is 188 Å². The molecule has 0 fully saturated rings. The van der Waals surface area contributed by atoms with Crippen LogP contribution in [0.15, 0.2) is 81.1 Å². The minimum absolute atomic E-state index is 0.0474. The van der Waals surface area contributed by atoms with Crippen molar-refractivity contribution in [3.63, 3.8) is 0 Å². The van der Waals surface area contributed by atoms with Gasteiger partial charge in [-0.05, 0) is 75.9 Å². The Morgan fingerprint density at radius 1 is 0.536 bits per heavy atom. The number of Topliss-reactive ketones (excluding diaryl/α,β-unsaturated/α-hetero) is 2. The van der Waals surface area contributed by atoms with Crippen molar-refractivity contribution >= 4 is 51.7 Å². The number of nitrogens with zero attached hydrogens (tertiary/aromatic N) is 6. The molecule has 0 saturated carbocycles. The zero-order valence-electron chi connectivity index (χ0n) is 42.4. The van der Waals surface area contributed by atoms with E-state index < -0.39 is 4.92 Å². The Hall–Kier alpha value is -5.53. The third kappa shape index (κ3) is 26.1. The lowest BCUT2D eigenvalue weighted by Crippen LogP contribution is -2.27. The number of non-ortho nitro benzene ring substituents is 1. The van der Waals surface area contributed by atoms with Gasteiger partial charge >= 0.3 is 5.97 Å². The fourth-order valence-electron chi connectivity index (χ4n) is 7.80. The first-order chi connectivity index (χ1) is 33.6. The van der Waals surface area contributed by atoms with E-state index in [0.717, 1.165) is 44.3 Å². The maximum Gasteiger partial charge on any atom is 0.305 e. The average molecular weight is 955 g/mol. The fraction of sp³-hybridized carbons (Fsp3) is 0.618. The molecular formula is C55H82N6O8. The van der Waals surface area contributed by atoms with E-state index >= 15 is 0 Å². The first-order valence-electron chi connectivity index (χ1n) is 26.2. The van der Waals surface area contributed by atoms with Crippen LogP contribution in [0, 0.1) is 10.1 Å². The van der Waals surface area contributed by atoms with Crippen molar-refractivity contribution in [3.8, 4) is 11.5 Å². The minimum atomic E-state index is -0.485. The summed E-state index contributed by atoms with van der Waals surface area (Å²) in [6.07, 6.45) is 26.5. The molecule has 3 aromatic rings. The molecule has 0 aromatic heterocycles. The number of unbranched alkanes of at least 4 members (excludes halogenated alkanes) is 17. The van der Waals surface area contributed by atoms with Crippen molar-refractivity contribution in [2.24, 2.45) is 20.5 Å². The van der Waals surface area contributed by atoms with Crippen LogP contribution in [0.4, 0.5) is 34.1 Å². The molecule has 14 nitrogen and oxygen atoms in total. The molecule has 0 aliphatic carbocycles. The van der Waals surface area contributed by atoms with Gasteiger partial charge in [-0.2, -0.15) is 10.2 Å². The smallest absolute Gasteiger partial charge is 0.305 e. The number of nitro benzene ring substituents is 1. The molecular weight excluding hydrogens is 873 g/mol. The van der Waals surface area contributed by atoms with Crippen LogP contribution in [0.25, 0.3) is 0 Å². The number of likely N-dealkylation sites (N-methyl/N-ethyl adjacent to an activating group) is 1. The van der Waals surface area contributed by atoms with Gasteiger partial charge in [0.25, 0.3) is 5.69 Å². The number of hydrogen-bond acceptors (Lipinski definition) is 13. The average Bonchev–Trinajstić information content (AvgIpc) is 3.34. The van der Waals surface area contributed by atoms with Gasteiger partial charge in [0.05, 0.1) is 36.1 Å². The van der Waals surface area contributed by atoms with Gasteiger partial charge in [-0.15, -0.1) is 10.2 Å². The van der Waals surface area contributed by atoms with Gasteiger partial charge in [-0.1, -0.05) is 123 Å². The van der Waals surface area contributed by atoms with E-state index in [1.807, 2.05) is 24.3 Å². The highest BCUT2D eigenvalue weighted by Crippen LogP contribution is 2.42. The molecule has 0 heterocycles. The zero-order chi connectivity index (χ0) is 49.7. The molecule has 0 spiro atoms. The summed E-state index contributed by atoms with van der Waals surface area (Å²) >= 11 is 0. The topological polar surface area (TPSA) is 175 Å². The number of esters is 1. The first-order valence-corrected chi connectivity index (χ1v) is 26.2. The number of nitro groups is 1. The molecule has 0 N–H and O–H groups in total.